The molecule has 0 amide bonds. The van der Waals surface area contributed by atoms with E-state index in [4.69, 9.17) is 9.52 Å². The van der Waals surface area contributed by atoms with Crippen LogP contribution in [-0.4, -0.2) is 18.3 Å². The van der Waals surface area contributed by atoms with Crippen LogP contribution in [0.4, 0.5) is 0 Å². The molecule has 0 saturated carbocycles. The van der Waals surface area contributed by atoms with Crippen molar-refractivity contribution in [3.05, 3.63) is 45.0 Å². The van der Waals surface area contributed by atoms with Gasteiger partial charge in [-0.2, -0.15) is 0 Å². The highest BCUT2D eigenvalue weighted by atomic mass is 79.9. The molecule has 0 unspecified atom stereocenters. The number of aliphatic hydroxyl groups is 1. The first-order chi connectivity index (χ1) is 8.70. The van der Waals surface area contributed by atoms with Crippen LogP contribution in [0.5, 0.6) is 0 Å². The van der Waals surface area contributed by atoms with E-state index in [0.717, 1.165) is 26.0 Å². The second-order valence-corrected chi connectivity index (χ2v) is 5.56. The van der Waals surface area contributed by atoms with Gasteiger partial charge in [0.2, 0.25) is 0 Å². The molecule has 1 heterocycles. The van der Waals surface area contributed by atoms with Gasteiger partial charge in [0.05, 0.1) is 13.2 Å². The molecule has 2 N–H and O–H groups in total. The standard InChI is InChI=1S/C13H13Br2NO2.ClH/c14-9-1-3-11(12(15)7-9)13-4-2-10(18-13)8-16-5-6-17;/h1-4,7,16-17H,5-6,8H2;1H. The highest BCUT2D eigenvalue weighted by Gasteiger charge is 2.08. The molecular weight excluding hydrogens is 397 g/mol. The molecule has 0 aliphatic carbocycles. The molecule has 0 radical (unpaired) electrons. The van der Waals surface area contributed by atoms with E-state index < -0.39 is 0 Å². The Morgan fingerprint density at radius 3 is 2.63 bits per heavy atom. The summed E-state index contributed by atoms with van der Waals surface area (Å²) in [5.74, 6) is 1.68. The van der Waals surface area contributed by atoms with Crippen LogP contribution in [-0.2, 0) is 6.54 Å². The third kappa shape index (κ3) is 4.61. The molecule has 2 rings (SSSR count). The molecule has 6 heteroatoms. The Balaban J connectivity index is 0.00000180. The molecule has 1 aromatic heterocycles. The Bertz CT molecular complexity index is 531. The minimum atomic E-state index is 0. The average Bonchev–Trinajstić information content (AvgIpc) is 2.78. The largest absolute Gasteiger partial charge is 0.460 e. The molecule has 0 saturated heterocycles. The molecule has 104 valence electrons. The zero-order valence-corrected chi connectivity index (χ0v) is 14.0. The summed E-state index contributed by atoms with van der Waals surface area (Å²) in [5.41, 5.74) is 1.02. The molecular formula is C13H14Br2ClNO2. The Morgan fingerprint density at radius 1 is 1.16 bits per heavy atom. The van der Waals surface area contributed by atoms with E-state index in [0.29, 0.717) is 13.1 Å². The summed E-state index contributed by atoms with van der Waals surface area (Å²) >= 11 is 6.94. The Hall–Kier alpha value is -0.330. The van der Waals surface area contributed by atoms with E-state index >= 15 is 0 Å². The Labute approximate surface area is 135 Å². The predicted molar refractivity (Wildman–Crippen MR) is 85.6 cm³/mol. The van der Waals surface area contributed by atoms with Gasteiger partial charge in [-0.05, 0) is 46.3 Å². The first kappa shape index (κ1) is 16.7. The van der Waals surface area contributed by atoms with Gasteiger partial charge in [0.25, 0.3) is 0 Å². The molecule has 19 heavy (non-hydrogen) atoms. The van der Waals surface area contributed by atoms with Crippen molar-refractivity contribution in [2.45, 2.75) is 6.54 Å². The van der Waals surface area contributed by atoms with Gasteiger partial charge in [0.1, 0.15) is 11.5 Å². The number of aliphatic hydroxyl groups excluding tert-OH is 1. The molecule has 0 aliphatic rings. The number of nitrogens with one attached hydrogen (secondary N) is 1. The molecule has 0 bridgehead atoms. The zero-order chi connectivity index (χ0) is 13.0. The topological polar surface area (TPSA) is 45.4 Å². The molecule has 2 aromatic rings. The van der Waals surface area contributed by atoms with Crippen LogP contribution in [0.1, 0.15) is 5.76 Å². The summed E-state index contributed by atoms with van der Waals surface area (Å²) in [5, 5.41) is 11.8. The quantitative estimate of drug-likeness (QED) is 0.732. The van der Waals surface area contributed by atoms with Crippen molar-refractivity contribution in [1.82, 2.24) is 5.32 Å². The second kappa shape index (κ2) is 8.07. The third-order valence-electron chi connectivity index (χ3n) is 2.45. The maximum Gasteiger partial charge on any atom is 0.135 e. The summed E-state index contributed by atoms with van der Waals surface area (Å²) in [7, 11) is 0. The Morgan fingerprint density at radius 2 is 1.95 bits per heavy atom. The van der Waals surface area contributed by atoms with Gasteiger partial charge in [-0.1, -0.05) is 15.9 Å². The van der Waals surface area contributed by atoms with Crippen LogP contribution in [0.15, 0.2) is 43.7 Å². The van der Waals surface area contributed by atoms with Crippen molar-refractivity contribution in [3.8, 4) is 11.3 Å². The lowest BCUT2D eigenvalue weighted by Gasteiger charge is -2.02. The maximum atomic E-state index is 8.69. The second-order valence-electron chi connectivity index (χ2n) is 3.79. The SMILES string of the molecule is Cl.OCCNCc1ccc(-c2ccc(Br)cc2Br)o1. The van der Waals surface area contributed by atoms with Crippen molar-refractivity contribution in [2.75, 3.05) is 13.2 Å². The lowest BCUT2D eigenvalue weighted by Crippen LogP contribution is -2.16. The first-order valence-corrected chi connectivity index (χ1v) is 7.15. The summed E-state index contributed by atoms with van der Waals surface area (Å²) in [6.45, 7) is 1.32. The van der Waals surface area contributed by atoms with E-state index in [1.165, 1.54) is 0 Å². The summed E-state index contributed by atoms with van der Waals surface area (Å²) in [6, 6.07) is 9.85. The van der Waals surface area contributed by atoms with Crippen molar-refractivity contribution in [3.63, 3.8) is 0 Å². The smallest absolute Gasteiger partial charge is 0.135 e. The zero-order valence-electron chi connectivity index (χ0n) is 10.0. The fraction of sp³-hybridized carbons (Fsp3) is 0.231. The number of hydrogen-bond donors (Lipinski definition) is 2. The molecule has 1 aromatic carbocycles. The van der Waals surface area contributed by atoms with E-state index in [9.17, 15) is 0 Å². The van der Waals surface area contributed by atoms with Crippen molar-refractivity contribution in [2.24, 2.45) is 0 Å². The van der Waals surface area contributed by atoms with Crippen LogP contribution >= 0.6 is 44.3 Å². The average molecular weight is 412 g/mol. The van der Waals surface area contributed by atoms with Gasteiger partial charge in [-0.15, -0.1) is 12.4 Å². The highest BCUT2D eigenvalue weighted by Crippen LogP contribution is 2.31. The van der Waals surface area contributed by atoms with Gasteiger partial charge in [-0.25, -0.2) is 0 Å². The Kier molecular flexibility index (Phi) is 7.10. The molecule has 0 fully saturated rings. The lowest BCUT2D eigenvalue weighted by atomic mass is 10.2. The van der Waals surface area contributed by atoms with Crippen LogP contribution in [0.25, 0.3) is 11.3 Å². The normalized spacial score (nSPS) is 10.3. The van der Waals surface area contributed by atoms with Gasteiger partial charge in [-0.3, -0.25) is 0 Å². The fourth-order valence-electron chi connectivity index (χ4n) is 1.60. The maximum absolute atomic E-state index is 8.69. The van der Waals surface area contributed by atoms with Crippen molar-refractivity contribution < 1.29 is 9.52 Å². The van der Waals surface area contributed by atoms with Gasteiger partial charge in [0.15, 0.2) is 0 Å². The van der Waals surface area contributed by atoms with Crippen molar-refractivity contribution >= 4 is 44.3 Å². The highest BCUT2D eigenvalue weighted by molar-refractivity contribution is 9.11. The fourth-order valence-corrected chi connectivity index (χ4v) is 2.84. The minimum absolute atomic E-state index is 0. The summed E-state index contributed by atoms with van der Waals surface area (Å²) < 4.78 is 7.76. The van der Waals surface area contributed by atoms with Crippen LogP contribution in [0.3, 0.4) is 0 Å². The van der Waals surface area contributed by atoms with E-state index in [2.05, 4.69) is 37.2 Å². The number of rotatable bonds is 5. The van der Waals surface area contributed by atoms with Crippen LogP contribution in [0, 0.1) is 0 Å². The lowest BCUT2D eigenvalue weighted by molar-refractivity contribution is 0.290. The molecule has 0 atom stereocenters. The van der Waals surface area contributed by atoms with Crippen LogP contribution < -0.4 is 5.32 Å². The number of hydrogen-bond acceptors (Lipinski definition) is 3. The van der Waals surface area contributed by atoms with E-state index in [1.807, 2.05) is 30.3 Å². The van der Waals surface area contributed by atoms with E-state index in [1.54, 1.807) is 0 Å². The monoisotopic (exact) mass is 409 g/mol. The number of furan rings is 1. The number of halogens is 3. The predicted octanol–water partition coefficient (Wildman–Crippen LogP) is 3.98. The minimum Gasteiger partial charge on any atom is -0.460 e. The van der Waals surface area contributed by atoms with Gasteiger partial charge in [0, 0.05) is 21.1 Å². The van der Waals surface area contributed by atoms with E-state index in [-0.39, 0.29) is 19.0 Å². The molecule has 0 spiro atoms. The van der Waals surface area contributed by atoms with Gasteiger partial charge < -0.3 is 14.8 Å². The van der Waals surface area contributed by atoms with Crippen molar-refractivity contribution in [1.29, 1.82) is 0 Å². The molecule has 3 nitrogen and oxygen atoms in total. The third-order valence-corrected chi connectivity index (χ3v) is 3.60. The summed E-state index contributed by atoms with van der Waals surface area (Å²) in [6.07, 6.45) is 0. The first-order valence-electron chi connectivity index (χ1n) is 5.56. The van der Waals surface area contributed by atoms with Crippen LogP contribution in [0.2, 0.25) is 0 Å². The summed E-state index contributed by atoms with van der Waals surface area (Å²) in [4.78, 5) is 0. The van der Waals surface area contributed by atoms with Gasteiger partial charge >= 0.3 is 0 Å². The number of benzene rings is 1. The molecule has 0 aliphatic heterocycles.